The van der Waals surface area contributed by atoms with Gasteiger partial charge in [0.25, 0.3) is 5.91 Å². The number of nitrogen functional groups attached to an aromatic ring is 1. The summed E-state index contributed by atoms with van der Waals surface area (Å²) in [6, 6.07) is 19.8. The summed E-state index contributed by atoms with van der Waals surface area (Å²) in [7, 11) is 0. The highest BCUT2D eigenvalue weighted by Crippen LogP contribution is 2.27. The SMILES string of the molecule is Nc1ccc(-c2ccncc2)cc1NC(=O)c1ccc(CNC(=O)OCc2cccnc2)cc1. The lowest BCUT2D eigenvalue weighted by atomic mass is 10.1. The molecule has 8 heteroatoms. The van der Waals surface area contributed by atoms with Gasteiger partial charge >= 0.3 is 6.09 Å². The Morgan fingerprint density at radius 1 is 0.853 bits per heavy atom. The maximum Gasteiger partial charge on any atom is 0.407 e. The fraction of sp³-hybridized carbons (Fsp3) is 0.0769. The van der Waals surface area contributed by atoms with Gasteiger partial charge in [0.2, 0.25) is 0 Å². The number of aromatic nitrogens is 2. The Kier molecular flexibility index (Phi) is 7.09. The van der Waals surface area contributed by atoms with Crippen molar-refractivity contribution in [3.63, 3.8) is 0 Å². The van der Waals surface area contributed by atoms with Gasteiger partial charge in [-0.1, -0.05) is 24.3 Å². The molecule has 0 aliphatic carbocycles. The number of rotatable bonds is 7. The molecule has 8 nitrogen and oxygen atoms in total. The van der Waals surface area contributed by atoms with Crippen LogP contribution in [0.5, 0.6) is 0 Å². The number of benzene rings is 2. The molecule has 0 spiro atoms. The molecule has 2 aromatic carbocycles. The minimum Gasteiger partial charge on any atom is -0.445 e. The van der Waals surface area contributed by atoms with Gasteiger partial charge in [0.05, 0.1) is 11.4 Å². The van der Waals surface area contributed by atoms with E-state index in [9.17, 15) is 9.59 Å². The van der Waals surface area contributed by atoms with E-state index in [4.69, 9.17) is 10.5 Å². The maximum atomic E-state index is 12.7. The molecule has 2 amide bonds. The summed E-state index contributed by atoms with van der Waals surface area (Å²) in [5.74, 6) is -0.283. The Morgan fingerprint density at radius 3 is 2.38 bits per heavy atom. The molecule has 4 aromatic rings. The fourth-order valence-corrected chi connectivity index (χ4v) is 3.21. The van der Waals surface area contributed by atoms with Crippen molar-refractivity contribution in [2.45, 2.75) is 13.2 Å². The highest BCUT2D eigenvalue weighted by atomic mass is 16.5. The summed E-state index contributed by atoms with van der Waals surface area (Å²) in [6.07, 6.45) is 6.18. The van der Waals surface area contributed by atoms with Crippen molar-refractivity contribution in [3.05, 3.63) is 108 Å². The molecule has 0 unspecified atom stereocenters. The number of amides is 2. The predicted molar refractivity (Wildman–Crippen MR) is 130 cm³/mol. The number of anilines is 2. The van der Waals surface area contributed by atoms with Crippen molar-refractivity contribution in [3.8, 4) is 11.1 Å². The zero-order valence-corrected chi connectivity index (χ0v) is 18.3. The summed E-state index contributed by atoms with van der Waals surface area (Å²) in [6.45, 7) is 0.416. The largest absolute Gasteiger partial charge is 0.445 e. The van der Waals surface area contributed by atoms with Crippen molar-refractivity contribution in [1.82, 2.24) is 15.3 Å². The second-order valence-electron chi connectivity index (χ2n) is 7.48. The lowest BCUT2D eigenvalue weighted by Crippen LogP contribution is -2.23. The van der Waals surface area contributed by atoms with Gasteiger partial charge in [-0.25, -0.2) is 4.79 Å². The standard InChI is InChI=1S/C26H23N5O3/c27-23-8-7-22(20-9-12-28-13-10-20)14-24(23)31-25(32)21-5-3-18(4-6-21)16-30-26(33)34-17-19-2-1-11-29-15-19/h1-15H,16-17,27H2,(H,30,33)(H,31,32). The van der Waals surface area contributed by atoms with E-state index in [-0.39, 0.29) is 19.1 Å². The average molecular weight is 454 g/mol. The summed E-state index contributed by atoms with van der Waals surface area (Å²) in [5, 5.41) is 5.55. The first-order chi connectivity index (χ1) is 16.6. The normalized spacial score (nSPS) is 10.4. The molecular weight excluding hydrogens is 430 g/mol. The van der Waals surface area contributed by atoms with Crippen LogP contribution in [0.25, 0.3) is 11.1 Å². The van der Waals surface area contributed by atoms with Crippen molar-refractivity contribution < 1.29 is 14.3 Å². The third kappa shape index (κ3) is 5.95. The lowest BCUT2D eigenvalue weighted by Gasteiger charge is -2.11. The number of carbonyl (C=O) groups is 2. The molecule has 2 heterocycles. The lowest BCUT2D eigenvalue weighted by molar-refractivity contribution is 0.102. The smallest absolute Gasteiger partial charge is 0.407 e. The topological polar surface area (TPSA) is 119 Å². The predicted octanol–water partition coefficient (Wildman–Crippen LogP) is 4.40. The third-order valence-corrected chi connectivity index (χ3v) is 5.06. The average Bonchev–Trinajstić information content (AvgIpc) is 2.89. The molecule has 0 aliphatic rings. The molecule has 170 valence electrons. The van der Waals surface area contributed by atoms with Gasteiger partial charge in [0, 0.05) is 42.5 Å². The highest BCUT2D eigenvalue weighted by Gasteiger charge is 2.10. The van der Waals surface area contributed by atoms with E-state index >= 15 is 0 Å². The van der Waals surface area contributed by atoms with E-state index in [0.29, 0.717) is 16.9 Å². The minimum atomic E-state index is -0.532. The summed E-state index contributed by atoms with van der Waals surface area (Å²) in [5.41, 5.74) is 11.1. The number of carbonyl (C=O) groups excluding carboxylic acids is 2. The first kappa shape index (κ1) is 22.5. The van der Waals surface area contributed by atoms with Crippen LogP contribution in [0.15, 0.2) is 91.5 Å². The van der Waals surface area contributed by atoms with Crippen LogP contribution < -0.4 is 16.4 Å². The van der Waals surface area contributed by atoms with E-state index in [1.165, 1.54) is 0 Å². The van der Waals surface area contributed by atoms with Crippen LogP contribution in [0.4, 0.5) is 16.2 Å². The number of nitrogens with one attached hydrogen (secondary N) is 2. The van der Waals surface area contributed by atoms with Crippen molar-refractivity contribution in [2.75, 3.05) is 11.1 Å². The van der Waals surface area contributed by atoms with Crippen molar-refractivity contribution in [2.24, 2.45) is 0 Å². The molecule has 34 heavy (non-hydrogen) atoms. The van der Waals surface area contributed by atoms with Crippen molar-refractivity contribution >= 4 is 23.4 Å². The number of pyridine rings is 2. The quantitative estimate of drug-likeness (QED) is 0.357. The molecule has 0 atom stereocenters. The van der Waals surface area contributed by atoms with Gasteiger partial charge in [-0.3, -0.25) is 14.8 Å². The molecule has 2 aromatic heterocycles. The van der Waals surface area contributed by atoms with E-state index in [1.54, 1.807) is 61.2 Å². The third-order valence-electron chi connectivity index (χ3n) is 5.06. The van der Waals surface area contributed by atoms with E-state index in [2.05, 4.69) is 20.6 Å². The number of hydrogen-bond acceptors (Lipinski definition) is 6. The summed E-state index contributed by atoms with van der Waals surface area (Å²) in [4.78, 5) is 32.6. The van der Waals surface area contributed by atoms with Crippen LogP contribution >= 0.6 is 0 Å². The van der Waals surface area contributed by atoms with Gasteiger partial charge in [-0.05, 0) is 59.2 Å². The van der Waals surface area contributed by atoms with E-state index in [0.717, 1.165) is 22.3 Å². The zero-order chi connectivity index (χ0) is 23.8. The van der Waals surface area contributed by atoms with Gasteiger partial charge in [-0.15, -0.1) is 0 Å². The number of nitrogens with zero attached hydrogens (tertiary/aromatic N) is 2. The minimum absolute atomic E-state index is 0.143. The van der Waals surface area contributed by atoms with Gasteiger partial charge in [0.1, 0.15) is 6.61 Å². The Morgan fingerprint density at radius 2 is 1.65 bits per heavy atom. The molecule has 4 N–H and O–H groups in total. The number of ether oxygens (including phenoxy) is 1. The van der Waals surface area contributed by atoms with Gasteiger partial charge in [0.15, 0.2) is 0 Å². The Labute approximate surface area is 196 Å². The van der Waals surface area contributed by atoms with Crippen LogP contribution in [0.1, 0.15) is 21.5 Å². The van der Waals surface area contributed by atoms with Crippen LogP contribution in [0, 0.1) is 0 Å². The van der Waals surface area contributed by atoms with Gasteiger partial charge < -0.3 is 21.1 Å². The Balaban J connectivity index is 1.32. The second-order valence-corrected chi connectivity index (χ2v) is 7.48. The molecule has 0 saturated carbocycles. The first-order valence-electron chi connectivity index (χ1n) is 10.6. The number of hydrogen-bond donors (Lipinski definition) is 3. The Bertz CT molecular complexity index is 1260. The number of nitrogens with two attached hydrogens (primary N) is 1. The number of alkyl carbamates (subject to hydrolysis) is 1. The second kappa shape index (κ2) is 10.7. The molecule has 0 bridgehead atoms. The maximum absolute atomic E-state index is 12.7. The monoisotopic (exact) mass is 453 g/mol. The van der Waals surface area contributed by atoms with Crippen LogP contribution in [0.3, 0.4) is 0 Å². The Hall–Kier alpha value is -4.72. The fourth-order valence-electron chi connectivity index (χ4n) is 3.21. The van der Waals surface area contributed by atoms with Gasteiger partial charge in [-0.2, -0.15) is 0 Å². The summed E-state index contributed by atoms with van der Waals surface area (Å²) >= 11 is 0. The van der Waals surface area contributed by atoms with Crippen molar-refractivity contribution in [1.29, 1.82) is 0 Å². The molecule has 0 aliphatic heterocycles. The first-order valence-corrected chi connectivity index (χ1v) is 10.6. The molecule has 0 saturated heterocycles. The highest BCUT2D eigenvalue weighted by molar-refractivity contribution is 6.06. The zero-order valence-electron chi connectivity index (χ0n) is 18.3. The summed E-state index contributed by atoms with van der Waals surface area (Å²) < 4.78 is 5.16. The van der Waals surface area contributed by atoms with Crippen LogP contribution in [0.2, 0.25) is 0 Å². The van der Waals surface area contributed by atoms with E-state index in [1.807, 2.05) is 30.3 Å². The molecule has 0 fully saturated rings. The molecule has 0 radical (unpaired) electrons. The van der Waals surface area contributed by atoms with Crippen LogP contribution in [-0.4, -0.2) is 22.0 Å². The van der Waals surface area contributed by atoms with E-state index < -0.39 is 6.09 Å². The van der Waals surface area contributed by atoms with Crippen LogP contribution in [-0.2, 0) is 17.9 Å². The molecule has 4 rings (SSSR count). The molecular formula is C26H23N5O3.